The van der Waals surface area contributed by atoms with Gasteiger partial charge < -0.3 is 19.2 Å². The molecule has 10 heteroatoms. The quantitative estimate of drug-likeness (QED) is 0.347. The van der Waals surface area contributed by atoms with E-state index in [9.17, 15) is 19.2 Å². The Kier molecular flexibility index (Phi) is 7.55. The number of methoxy groups -OCH3 is 1. The van der Waals surface area contributed by atoms with Gasteiger partial charge in [0, 0.05) is 11.3 Å². The lowest BCUT2D eigenvalue weighted by atomic mass is 10.2. The van der Waals surface area contributed by atoms with Gasteiger partial charge in [0.05, 0.1) is 18.6 Å². The third kappa shape index (κ3) is 5.84. The Morgan fingerprint density at radius 2 is 1.81 bits per heavy atom. The minimum absolute atomic E-state index is 0.0208. The number of carbonyl (C=O) groups is 4. The molecule has 0 aliphatic carbocycles. The van der Waals surface area contributed by atoms with Gasteiger partial charge in [-0.3, -0.25) is 19.3 Å². The SMILES string of the molecule is COC(=O)c1ccc(CN2C(=O)S/C(=C/c3ccccc3OCC(=O)Nc3ccc(C)cc3)C2=O)o1. The van der Waals surface area contributed by atoms with Crippen molar-refractivity contribution in [2.75, 3.05) is 19.0 Å². The van der Waals surface area contributed by atoms with Crippen LogP contribution in [0.2, 0.25) is 0 Å². The van der Waals surface area contributed by atoms with E-state index < -0.39 is 17.1 Å². The molecule has 36 heavy (non-hydrogen) atoms. The molecule has 3 amide bonds. The van der Waals surface area contributed by atoms with E-state index in [0.717, 1.165) is 22.2 Å². The number of hydrogen-bond acceptors (Lipinski definition) is 8. The van der Waals surface area contributed by atoms with Crippen LogP contribution in [0.25, 0.3) is 6.08 Å². The number of ether oxygens (including phenoxy) is 2. The van der Waals surface area contributed by atoms with Gasteiger partial charge in [-0.15, -0.1) is 0 Å². The molecule has 1 aromatic heterocycles. The van der Waals surface area contributed by atoms with E-state index in [2.05, 4.69) is 10.1 Å². The molecule has 3 aromatic rings. The van der Waals surface area contributed by atoms with Crippen LogP contribution in [0.3, 0.4) is 0 Å². The second-order valence-electron chi connectivity index (χ2n) is 7.77. The summed E-state index contributed by atoms with van der Waals surface area (Å²) in [7, 11) is 1.23. The van der Waals surface area contributed by atoms with Crippen molar-refractivity contribution in [3.63, 3.8) is 0 Å². The van der Waals surface area contributed by atoms with E-state index in [4.69, 9.17) is 9.15 Å². The van der Waals surface area contributed by atoms with Crippen LogP contribution in [0.5, 0.6) is 5.75 Å². The maximum atomic E-state index is 12.9. The molecule has 2 heterocycles. The molecule has 0 bridgehead atoms. The average molecular weight is 507 g/mol. The largest absolute Gasteiger partial charge is 0.483 e. The number of furan rings is 1. The third-order valence-electron chi connectivity index (χ3n) is 5.14. The molecule has 1 fully saturated rings. The highest BCUT2D eigenvalue weighted by molar-refractivity contribution is 8.18. The number of thioether (sulfide) groups is 1. The minimum atomic E-state index is -0.653. The van der Waals surface area contributed by atoms with Gasteiger partial charge in [-0.25, -0.2) is 4.79 Å². The van der Waals surface area contributed by atoms with Crippen LogP contribution in [-0.4, -0.2) is 41.6 Å². The molecular formula is C26H22N2O7S. The molecule has 1 aliphatic heterocycles. The van der Waals surface area contributed by atoms with Crippen molar-refractivity contribution >= 4 is 46.5 Å². The molecule has 0 saturated carbocycles. The first-order valence-corrected chi connectivity index (χ1v) is 11.7. The molecule has 1 aliphatic rings. The van der Waals surface area contributed by atoms with Crippen LogP contribution in [-0.2, 0) is 20.9 Å². The number of para-hydroxylation sites is 1. The number of esters is 1. The molecule has 184 valence electrons. The number of amides is 3. The van der Waals surface area contributed by atoms with Gasteiger partial charge in [-0.1, -0.05) is 35.9 Å². The second kappa shape index (κ2) is 11.0. The predicted molar refractivity (Wildman–Crippen MR) is 133 cm³/mol. The maximum Gasteiger partial charge on any atom is 0.373 e. The van der Waals surface area contributed by atoms with Gasteiger partial charge in [-0.2, -0.15) is 0 Å². The Balaban J connectivity index is 1.42. The Labute approximate surface area is 211 Å². The van der Waals surface area contributed by atoms with Crippen molar-refractivity contribution in [1.29, 1.82) is 0 Å². The summed E-state index contributed by atoms with van der Waals surface area (Å²) in [5.74, 6) is -0.863. The van der Waals surface area contributed by atoms with Crippen LogP contribution in [0, 0.1) is 6.92 Å². The number of rotatable bonds is 8. The fourth-order valence-corrected chi connectivity index (χ4v) is 4.14. The topological polar surface area (TPSA) is 115 Å². The lowest BCUT2D eigenvalue weighted by Crippen LogP contribution is -2.27. The standard InChI is InChI=1S/C26H22N2O7S/c1-16-7-9-18(10-8-16)27-23(29)15-34-20-6-4-3-5-17(20)13-22-24(30)28(26(32)36-22)14-19-11-12-21(35-19)25(31)33-2/h3-13H,14-15H2,1-2H3,(H,27,29)/b22-13+. The zero-order chi connectivity index (χ0) is 25.7. The fourth-order valence-electron chi connectivity index (χ4n) is 3.32. The molecule has 2 aromatic carbocycles. The highest BCUT2D eigenvalue weighted by atomic mass is 32.2. The van der Waals surface area contributed by atoms with Crippen molar-refractivity contribution in [3.8, 4) is 5.75 Å². The van der Waals surface area contributed by atoms with E-state index in [1.54, 1.807) is 42.5 Å². The first kappa shape index (κ1) is 24.8. The summed E-state index contributed by atoms with van der Waals surface area (Å²) in [5, 5.41) is 2.29. The van der Waals surface area contributed by atoms with Crippen LogP contribution in [0.4, 0.5) is 10.5 Å². The number of imide groups is 1. The van der Waals surface area contributed by atoms with Crippen LogP contribution < -0.4 is 10.1 Å². The molecule has 1 saturated heterocycles. The van der Waals surface area contributed by atoms with Gasteiger partial charge in [0.2, 0.25) is 5.76 Å². The Bertz CT molecular complexity index is 1340. The highest BCUT2D eigenvalue weighted by Crippen LogP contribution is 2.35. The maximum absolute atomic E-state index is 12.9. The summed E-state index contributed by atoms with van der Waals surface area (Å²) in [6, 6.07) is 17.2. The number of aryl methyl sites for hydroxylation is 1. The zero-order valence-corrected chi connectivity index (χ0v) is 20.3. The monoisotopic (exact) mass is 506 g/mol. The van der Waals surface area contributed by atoms with Gasteiger partial charge in [0.25, 0.3) is 17.1 Å². The fraction of sp³-hybridized carbons (Fsp3) is 0.154. The minimum Gasteiger partial charge on any atom is -0.483 e. The van der Waals surface area contributed by atoms with Crippen LogP contribution in [0.15, 0.2) is 70.0 Å². The molecule has 4 rings (SSSR count). The lowest BCUT2D eigenvalue weighted by molar-refractivity contribution is -0.123. The summed E-state index contributed by atoms with van der Waals surface area (Å²) in [6.45, 7) is 1.59. The number of carbonyl (C=O) groups excluding carboxylic acids is 4. The number of benzene rings is 2. The number of hydrogen-bond donors (Lipinski definition) is 1. The number of nitrogens with zero attached hydrogens (tertiary/aromatic N) is 1. The zero-order valence-electron chi connectivity index (χ0n) is 19.5. The molecular weight excluding hydrogens is 484 g/mol. The molecule has 9 nitrogen and oxygen atoms in total. The van der Waals surface area contributed by atoms with E-state index in [-0.39, 0.29) is 35.5 Å². The van der Waals surface area contributed by atoms with E-state index in [0.29, 0.717) is 17.0 Å². The Hall–Kier alpha value is -4.31. The summed E-state index contributed by atoms with van der Waals surface area (Å²) < 4.78 is 15.6. The second-order valence-corrected chi connectivity index (χ2v) is 8.76. The molecule has 0 radical (unpaired) electrons. The highest BCUT2D eigenvalue weighted by Gasteiger charge is 2.36. The predicted octanol–water partition coefficient (Wildman–Crippen LogP) is 4.63. The summed E-state index contributed by atoms with van der Waals surface area (Å²) in [6.07, 6.45) is 1.54. The molecule has 0 spiro atoms. The third-order valence-corrected chi connectivity index (χ3v) is 6.04. The molecule has 0 atom stereocenters. The van der Waals surface area contributed by atoms with Crippen molar-refractivity contribution in [2.45, 2.75) is 13.5 Å². The molecule has 1 N–H and O–H groups in total. The average Bonchev–Trinajstić information content (AvgIpc) is 3.45. The van der Waals surface area contributed by atoms with Crippen molar-refractivity contribution in [3.05, 3.63) is 88.2 Å². The van der Waals surface area contributed by atoms with Gasteiger partial charge in [0.1, 0.15) is 11.5 Å². The van der Waals surface area contributed by atoms with Gasteiger partial charge >= 0.3 is 5.97 Å². The lowest BCUT2D eigenvalue weighted by Gasteiger charge is -2.11. The Morgan fingerprint density at radius 3 is 2.56 bits per heavy atom. The van der Waals surface area contributed by atoms with Crippen LogP contribution in [0.1, 0.15) is 27.4 Å². The summed E-state index contributed by atoms with van der Waals surface area (Å²) in [4.78, 5) is 50.5. The number of nitrogens with one attached hydrogen (secondary N) is 1. The first-order valence-electron chi connectivity index (χ1n) is 10.8. The van der Waals surface area contributed by atoms with Crippen molar-refractivity contribution < 1.29 is 33.1 Å². The van der Waals surface area contributed by atoms with Gasteiger partial charge in [-0.05, 0) is 55.1 Å². The Morgan fingerprint density at radius 1 is 1.06 bits per heavy atom. The van der Waals surface area contributed by atoms with E-state index in [1.165, 1.54) is 19.2 Å². The summed E-state index contributed by atoms with van der Waals surface area (Å²) in [5.41, 5.74) is 2.28. The smallest absolute Gasteiger partial charge is 0.373 e. The molecule has 0 unspecified atom stereocenters. The number of anilines is 1. The first-order chi connectivity index (χ1) is 17.3. The summed E-state index contributed by atoms with van der Waals surface area (Å²) >= 11 is 0.780. The van der Waals surface area contributed by atoms with E-state index >= 15 is 0 Å². The van der Waals surface area contributed by atoms with Crippen molar-refractivity contribution in [2.24, 2.45) is 0 Å². The van der Waals surface area contributed by atoms with E-state index in [1.807, 2.05) is 19.1 Å². The van der Waals surface area contributed by atoms with Gasteiger partial charge in [0.15, 0.2) is 6.61 Å². The van der Waals surface area contributed by atoms with Crippen LogP contribution >= 0.6 is 11.8 Å². The van der Waals surface area contributed by atoms with Crippen molar-refractivity contribution in [1.82, 2.24) is 4.90 Å². The normalized spacial score (nSPS) is 14.3.